The molecule has 0 N–H and O–H groups in total. The van der Waals surface area contributed by atoms with Crippen molar-refractivity contribution in [2.24, 2.45) is 17.8 Å². The lowest BCUT2D eigenvalue weighted by molar-refractivity contribution is -0.439. The molecule has 0 aromatic carbocycles. The van der Waals surface area contributed by atoms with Crippen LogP contribution >= 0.6 is 0 Å². The highest BCUT2D eigenvalue weighted by Crippen LogP contribution is 2.56. The van der Waals surface area contributed by atoms with Crippen LogP contribution in [0.3, 0.4) is 0 Å². The van der Waals surface area contributed by atoms with Crippen LogP contribution in [0, 0.1) is 17.8 Å². The molecular formula is C15H24O2. The standard InChI is InChI=1S/C15H24O2/c1-10(2)12-6-5-11(3)15-8-7-14(4,16-17-15)9-13(12)15/h9-12H,5-8H2,1-4H3. The smallest absolute Gasteiger partial charge is 0.128 e. The maximum Gasteiger partial charge on any atom is 0.128 e. The van der Waals surface area contributed by atoms with Crippen LogP contribution in [0.1, 0.15) is 53.4 Å². The molecule has 4 aliphatic rings. The summed E-state index contributed by atoms with van der Waals surface area (Å²) in [5.41, 5.74) is 1.29. The first-order valence-corrected chi connectivity index (χ1v) is 7.07. The van der Waals surface area contributed by atoms with E-state index < -0.39 is 0 Å². The molecule has 0 aromatic rings. The molecule has 4 unspecified atom stereocenters. The molecule has 2 aliphatic heterocycles. The number of hydrogen-bond acceptors (Lipinski definition) is 2. The summed E-state index contributed by atoms with van der Waals surface area (Å²) < 4.78 is 0. The van der Waals surface area contributed by atoms with E-state index in [1.165, 1.54) is 12.8 Å². The van der Waals surface area contributed by atoms with Gasteiger partial charge >= 0.3 is 0 Å². The average Bonchev–Trinajstić information content (AvgIpc) is 2.28. The van der Waals surface area contributed by atoms with Gasteiger partial charge in [0.15, 0.2) is 0 Å². The Morgan fingerprint density at radius 3 is 2.59 bits per heavy atom. The maximum absolute atomic E-state index is 5.90. The van der Waals surface area contributed by atoms with Crippen molar-refractivity contribution in [2.75, 3.05) is 0 Å². The molecule has 1 spiro atoms. The molecule has 17 heavy (non-hydrogen) atoms. The molecule has 4 atom stereocenters. The molecule has 0 aromatic heterocycles. The third kappa shape index (κ3) is 1.53. The minimum absolute atomic E-state index is 0.0923. The molecule has 4 rings (SSSR count). The van der Waals surface area contributed by atoms with E-state index in [0.717, 1.165) is 12.8 Å². The molecule has 1 saturated carbocycles. The van der Waals surface area contributed by atoms with Crippen molar-refractivity contribution >= 4 is 0 Å². The van der Waals surface area contributed by atoms with Crippen LogP contribution in [0.4, 0.5) is 0 Å². The SMILES string of the molecule is CC(C)C1CCC(C)C23CCC(C)(C=C12)OO3. The Kier molecular flexibility index (Phi) is 2.47. The second-order valence-corrected chi connectivity index (χ2v) is 6.80. The van der Waals surface area contributed by atoms with Crippen molar-refractivity contribution in [1.82, 2.24) is 0 Å². The van der Waals surface area contributed by atoms with Gasteiger partial charge in [0.05, 0.1) is 0 Å². The molecule has 0 amide bonds. The molecule has 96 valence electrons. The van der Waals surface area contributed by atoms with Gasteiger partial charge in [-0.05, 0) is 62.0 Å². The quantitative estimate of drug-likeness (QED) is 0.508. The van der Waals surface area contributed by atoms with Gasteiger partial charge in [-0.25, -0.2) is 9.78 Å². The van der Waals surface area contributed by atoms with Crippen LogP contribution in [0.15, 0.2) is 11.6 Å². The first-order valence-electron chi connectivity index (χ1n) is 7.07. The molecule has 2 heterocycles. The fraction of sp³-hybridized carbons (Fsp3) is 0.867. The van der Waals surface area contributed by atoms with E-state index in [4.69, 9.17) is 9.78 Å². The molecule has 2 nitrogen and oxygen atoms in total. The van der Waals surface area contributed by atoms with Crippen molar-refractivity contribution in [3.05, 3.63) is 11.6 Å². The highest BCUT2D eigenvalue weighted by atomic mass is 17.2. The van der Waals surface area contributed by atoms with Gasteiger partial charge in [-0.3, -0.25) is 0 Å². The minimum atomic E-state index is -0.165. The third-order valence-electron chi connectivity index (χ3n) is 5.23. The monoisotopic (exact) mass is 236 g/mol. The van der Waals surface area contributed by atoms with Gasteiger partial charge in [-0.1, -0.05) is 20.8 Å². The van der Waals surface area contributed by atoms with E-state index in [1.54, 1.807) is 5.57 Å². The fourth-order valence-electron chi connectivity index (χ4n) is 3.97. The number of fused-ring (bicyclic) bond motifs is 2. The number of hydrogen-bond donors (Lipinski definition) is 0. The largest absolute Gasteiger partial charge is 0.225 e. The van der Waals surface area contributed by atoms with Crippen molar-refractivity contribution in [3.63, 3.8) is 0 Å². The molecule has 1 saturated heterocycles. The lowest BCUT2D eigenvalue weighted by Gasteiger charge is -2.56. The topological polar surface area (TPSA) is 18.5 Å². The van der Waals surface area contributed by atoms with Gasteiger partial charge in [0, 0.05) is 0 Å². The lowest BCUT2D eigenvalue weighted by atomic mass is 9.59. The normalized spacial score (nSPS) is 49.1. The van der Waals surface area contributed by atoms with Gasteiger partial charge in [-0.2, -0.15) is 0 Å². The summed E-state index contributed by atoms with van der Waals surface area (Å²) in [4.78, 5) is 11.5. The number of rotatable bonds is 1. The van der Waals surface area contributed by atoms with Crippen LogP contribution in [-0.4, -0.2) is 11.2 Å². The molecule has 0 radical (unpaired) electrons. The Labute approximate surface area is 104 Å². The van der Waals surface area contributed by atoms with Crippen molar-refractivity contribution < 1.29 is 9.78 Å². The van der Waals surface area contributed by atoms with E-state index in [-0.39, 0.29) is 11.2 Å². The predicted octanol–water partition coefficient (Wildman–Crippen LogP) is 3.87. The third-order valence-corrected chi connectivity index (χ3v) is 5.23. The molecule has 2 aliphatic carbocycles. The van der Waals surface area contributed by atoms with Crippen molar-refractivity contribution in [1.29, 1.82) is 0 Å². The molecular weight excluding hydrogens is 212 g/mol. The molecule has 2 heteroatoms. The van der Waals surface area contributed by atoms with Crippen LogP contribution < -0.4 is 0 Å². The lowest BCUT2D eigenvalue weighted by Crippen LogP contribution is -2.58. The predicted molar refractivity (Wildman–Crippen MR) is 67.3 cm³/mol. The summed E-state index contributed by atoms with van der Waals surface area (Å²) in [5, 5.41) is 0. The summed E-state index contributed by atoms with van der Waals surface area (Å²) >= 11 is 0. The fourth-order valence-corrected chi connectivity index (χ4v) is 3.97. The van der Waals surface area contributed by atoms with Crippen LogP contribution in [0.2, 0.25) is 0 Å². The van der Waals surface area contributed by atoms with E-state index >= 15 is 0 Å². The van der Waals surface area contributed by atoms with Crippen LogP contribution in [0.5, 0.6) is 0 Å². The summed E-state index contributed by atoms with van der Waals surface area (Å²) in [5.74, 6) is 1.99. The summed E-state index contributed by atoms with van der Waals surface area (Å²) in [6, 6.07) is 0. The van der Waals surface area contributed by atoms with Crippen molar-refractivity contribution in [2.45, 2.75) is 64.6 Å². The Bertz CT molecular complexity index is 348. The Morgan fingerprint density at radius 1 is 1.24 bits per heavy atom. The van der Waals surface area contributed by atoms with Gasteiger partial charge in [0.2, 0.25) is 0 Å². The molecule has 2 bridgehead atoms. The Morgan fingerprint density at radius 2 is 2.00 bits per heavy atom. The second kappa shape index (κ2) is 3.58. The van der Waals surface area contributed by atoms with E-state index in [2.05, 4.69) is 33.8 Å². The van der Waals surface area contributed by atoms with Crippen LogP contribution in [-0.2, 0) is 9.78 Å². The van der Waals surface area contributed by atoms with E-state index in [1.807, 2.05) is 0 Å². The summed E-state index contributed by atoms with van der Waals surface area (Å²) in [6.07, 6.45) is 7.21. The Hall–Kier alpha value is -0.340. The minimum Gasteiger partial charge on any atom is -0.225 e. The average molecular weight is 236 g/mol. The maximum atomic E-state index is 5.90. The molecule has 2 fully saturated rings. The zero-order chi connectivity index (χ0) is 12.3. The first kappa shape index (κ1) is 11.7. The van der Waals surface area contributed by atoms with E-state index in [0.29, 0.717) is 17.8 Å². The highest BCUT2D eigenvalue weighted by Gasteiger charge is 2.56. The van der Waals surface area contributed by atoms with E-state index in [9.17, 15) is 0 Å². The first-order chi connectivity index (χ1) is 7.97. The Balaban J connectivity index is 2.06. The van der Waals surface area contributed by atoms with Crippen LogP contribution in [0.25, 0.3) is 0 Å². The summed E-state index contributed by atoms with van der Waals surface area (Å²) in [7, 11) is 0. The zero-order valence-corrected chi connectivity index (χ0v) is 11.5. The second-order valence-electron chi connectivity index (χ2n) is 6.80. The van der Waals surface area contributed by atoms with Gasteiger partial charge in [0.1, 0.15) is 11.2 Å². The zero-order valence-electron chi connectivity index (χ0n) is 11.5. The van der Waals surface area contributed by atoms with Gasteiger partial charge in [-0.15, -0.1) is 0 Å². The van der Waals surface area contributed by atoms with Gasteiger partial charge in [0.25, 0.3) is 0 Å². The van der Waals surface area contributed by atoms with Crippen molar-refractivity contribution in [3.8, 4) is 0 Å². The van der Waals surface area contributed by atoms with Gasteiger partial charge < -0.3 is 0 Å². The highest BCUT2D eigenvalue weighted by molar-refractivity contribution is 5.32. The summed E-state index contributed by atoms with van der Waals surface area (Å²) in [6.45, 7) is 9.14.